The zero-order valence-corrected chi connectivity index (χ0v) is 15.7. The van der Waals surface area contributed by atoms with E-state index in [9.17, 15) is 0 Å². The van der Waals surface area contributed by atoms with Gasteiger partial charge >= 0.3 is 0 Å². The Morgan fingerprint density at radius 1 is 1.29 bits per heavy atom. The smallest absolute Gasteiger partial charge is 0.191 e. The number of methoxy groups -OCH3 is 1. The Morgan fingerprint density at radius 3 is 2.79 bits per heavy atom. The van der Waals surface area contributed by atoms with Gasteiger partial charge in [0.25, 0.3) is 0 Å². The van der Waals surface area contributed by atoms with Crippen LogP contribution in [-0.2, 0) is 13.0 Å². The molecule has 0 amide bonds. The van der Waals surface area contributed by atoms with E-state index in [0.29, 0.717) is 0 Å². The summed E-state index contributed by atoms with van der Waals surface area (Å²) in [6.07, 6.45) is 2.04. The van der Waals surface area contributed by atoms with Crippen LogP contribution in [-0.4, -0.2) is 31.6 Å². The molecule has 1 aromatic heterocycles. The van der Waals surface area contributed by atoms with Crippen LogP contribution in [0.2, 0.25) is 0 Å². The molecule has 1 aromatic carbocycles. The Hall–Kier alpha value is -2.08. The standard InChI is InChI=1S/C18H26N4OS/c1-13-17(24-14(2)22-13)12-21-18(19-3)20-10-6-8-15-7-5-9-16(11-15)23-4/h5,7,9,11H,6,8,10,12H2,1-4H3,(H2,19,20,21). The van der Waals surface area contributed by atoms with E-state index in [1.54, 1.807) is 25.5 Å². The molecule has 0 saturated heterocycles. The summed E-state index contributed by atoms with van der Waals surface area (Å²) in [5.41, 5.74) is 2.38. The average Bonchev–Trinajstić information content (AvgIpc) is 2.92. The van der Waals surface area contributed by atoms with Gasteiger partial charge in [-0.3, -0.25) is 4.99 Å². The van der Waals surface area contributed by atoms with Gasteiger partial charge in [0.2, 0.25) is 0 Å². The van der Waals surface area contributed by atoms with Crippen molar-refractivity contribution in [3.05, 3.63) is 45.4 Å². The third kappa shape index (κ3) is 5.53. The molecule has 0 fully saturated rings. The van der Waals surface area contributed by atoms with Crippen LogP contribution in [0.5, 0.6) is 5.75 Å². The second-order valence-electron chi connectivity index (χ2n) is 5.55. The number of aromatic nitrogens is 1. The molecule has 1 heterocycles. The van der Waals surface area contributed by atoms with Crippen molar-refractivity contribution in [3.63, 3.8) is 0 Å². The van der Waals surface area contributed by atoms with E-state index < -0.39 is 0 Å². The molecule has 0 unspecified atom stereocenters. The molecular weight excluding hydrogens is 320 g/mol. The minimum absolute atomic E-state index is 0.757. The van der Waals surface area contributed by atoms with Gasteiger partial charge in [0.05, 0.1) is 24.4 Å². The number of hydrogen-bond acceptors (Lipinski definition) is 4. The summed E-state index contributed by atoms with van der Waals surface area (Å²) in [5.74, 6) is 1.74. The van der Waals surface area contributed by atoms with Gasteiger partial charge in [-0.25, -0.2) is 4.98 Å². The number of ether oxygens (including phenoxy) is 1. The van der Waals surface area contributed by atoms with Gasteiger partial charge in [-0.1, -0.05) is 12.1 Å². The maximum absolute atomic E-state index is 5.25. The Kier molecular flexibility index (Phi) is 7.06. The summed E-state index contributed by atoms with van der Waals surface area (Å²) < 4.78 is 5.25. The van der Waals surface area contributed by atoms with Crippen molar-refractivity contribution in [2.75, 3.05) is 20.7 Å². The topological polar surface area (TPSA) is 58.5 Å². The van der Waals surface area contributed by atoms with Gasteiger partial charge in [-0.2, -0.15) is 0 Å². The minimum Gasteiger partial charge on any atom is -0.497 e. The van der Waals surface area contributed by atoms with Crippen LogP contribution in [0.1, 0.15) is 27.6 Å². The molecule has 0 spiro atoms. The third-order valence-corrected chi connectivity index (χ3v) is 4.78. The van der Waals surface area contributed by atoms with Crippen LogP contribution < -0.4 is 15.4 Å². The van der Waals surface area contributed by atoms with Crippen LogP contribution in [0.3, 0.4) is 0 Å². The molecule has 0 aliphatic carbocycles. The maximum Gasteiger partial charge on any atom is 0.191 e. The highest BCUT2D eigenvalue weighted by Crippen LogP contribution is 2.16. The van der Waals surface area contributed by atoms with Crippen LogP contribution in [0.4, 0.5) is 0 Å². The molecule has 0 saturated carbocycles. The lowest BCUT2D eigenvalue weighted by Gasteiger charge is -2.11. The van der Waals surface area contributed by atoms with Crippen molar-refractivity contribution in [3.8, 4) is 5.75 Å². The lowest BCUT2D eigenvalue weighted by atomic mass is 10.1. The Labute approximate surface area is 148 Å². The first-order chi connectivity index (χ1) is 11.6. The lowest BCUT2D eigenvalue weighted by Crippen LogP contribution is -2.37. The number of rotatable bonds is 7. The molecule has 24 heavy (non-hydrogen) atoms. The molecule has 130 valence electrons. The molecule has 0 radical (unpaired) electrons. The minimum atomic E-state index is 0.757. The van der Waals surface area contributed by atoms with Crippen molar-refractivity contribution in [1.82, 2.24) is 15.6 Å². The van der Waals surface area contributed by atoms with Gasteiger partial charge in [-0.15, -0.1) is 11.3 Å². The van der Waals surface area contributed by atoms with E-state index in [2.05, 4.69) is 32.7 Å². The number of hydrogen-bond donors (Lipinski definition) is 2. The van der Waals surface area contributed by atoms with Crippen molar-refractivity contribution in [1.29, 1.82) is 0 Å². The highest BCUT2D eigenvalue weighted by molar-refractivity contribution is 7.11. The Balaban J connectivity index is 1.72. The zero-order chi connectivity index (χ0) is 17.4. The molecule has 0 aliphatic heterocycles. The molecule has 2 rings (SSSR count). The summed E-state index contributed by atoms with van der Waals surface area (Å²) in [5, 5.41) is 7.81. The van der Waals surface area contributed by atoms with E-state index >= 15 is 0 Å². The molecule has 0 atom stereocenters. The monoisotopic (exact) mass is 346 g/mol. The zero-order valence-electron chi connectivity index (χ0n) is 14.8. The molecule has 2 aromatic rings. The van der Waals surface area contributed by atoms with E-state index in [0.717, 1.165) is 48.3 Å². The fourth-order valence-corrected chi connectivity index (χ4v) is 3.33. The molecule has 2 N–H and O–H groups in total. The van der Waals surface area contributed by atoms with Crippen molar-refractivity contribution >= 4 is 17.3 Å². The maximum atomic E-state index is 5.25. The van der Waals surface area contributed by atoms with Crippen LogP contribution in [0.15, 0.2) is 29.3 Å². The summed E-state index contributed by atoms with van der Waals surface area (Å²) in [6.45, 7) is 5.71. The number of guanidine groups is 1. The summed E-state index contributed by atoms with van der Waals surface area (Å²) in [6, 6.07) is 8.21. The highest BCUT2D eigenvalue weighted by Gasteiger charge is 2.05. The van der Waals surface area contributed by atoms with Crippen LogP contribution in [0.25, 0.3) is 0 Å². The molecule has 0 aliphatic rings. The van der Waals surface area contributed by atoms with Gasteiger partial charge in [0.1, 0.15) is 5.75 Å². The van der Waals surface area contributed by atoms with E-state index in [-0.39, 0.29) is 0 Å². The van der Waals surface area contributed by atoms with Gasteiger partial charge < -0.3 is 15.4 Å². The first kappa shape index (κ1) is 18.3. The van der Waals surface area contributed by atoms with Crippen molar-refractivity contribution in [2.45, 2.75) is 33.2 Å². The number of benzene rings is 1. The normalized spacial score (nSPS) is 11.4. The van der Waals surface area contributed by atoms with Crippen LogP contribution >= 0.6 is 11.3 Å². The van der Waals surface area contributed by atoms with E-state index in [1.165, 1.54) is 10.4 Å². The largest absolute Gasteiger partial charge is 0.497 e. The first-order valence-electron chi connectivity index (χ1n) is 8.12. The summed E-state index contributed by atoms with van der Waals surface area (Å²) in [7, 11) is 3.49. The molecule has 5 nitrogen and oxygen atoms in total. The SMILES string of the molecule is CN=C(NCCCc1cccc(OC)c1)NCc1sc(C)nc1C. The predicted molar refractivity (Wildman–Crippen MR) is 101 cm³/mol. The number of aliphatic imine (C=N–C) groups is 1. The van der Waals surface area contributed by atoms with E-state index in [4.69, 9.17) is 4.74 Å². The first-order valence-corrected chi connectivity index (χ1v) is 8.94. The number of nitrogens with zero attached hydrogens (tertiary/aromatic N) is 2. The van der Waals surface area contributed by atoms with E-state index in [1.807, 2.05) is 26.0 Å². The highest BCUT2D eigenvalue weighted by atomic mass is 32.1. The van der Waals surface area contributed by atoms with Crippen molar-refractivity contribution < 1.29 is 4.74 Å². The fraction of sp³-hybridized carbons (Fsp3) is 0.444. The average molecular weight is 347 g/mol. The van der Waals surface area contributed by atoms with Crippen molar-refractivity contribution in [2.24, 2.45) is 4.99 Å². The number of aryl methyl sites for hydroxylation is 3. The number of thiazole rings is 1. The lowest BCUT2D eigenvalue weighted by molar-refractivity contribution is 0.414. The van der Waals surface area contributed by atoms with Gasteiger partial charge in [0, 0.05) is 18.5 Å². The fourth-order valence-electron chi connectivity index (χ4n) is 2.45. The third-order valence-electron chi connectivity index (χ3n) is 3.71. The Morgan fingerprint density at radius 2 is 2.12 bits per heavy atom. The summed E-state index contributed by atoms with van der Waals surface area (Å²) in [4.78, 5) is 9.97. The molecule has 6 heteroatoms. The number of nitrogens with one attached hydrogen (secondary N) is 2. The molecular formula is C18H26N4OS. The van der Waals surface area contributed by atoms with Gasteiger partial charge in [0.15, 0.2) is 5.96 Å². The predicted octanol–water partition coefficient (Wildman–Crippen LogP) is 3.07. The van der Waals surface area contributed by atoms with Gasteiger partial charge in [-0.05, 0) is 44.4 Å². The van der Waals surface area contributed by atoms with Crippen LogP contribution in [0, 0.1) is 13.8 Å². The second kappa shape index (κ2) is 9.27. The molecule has 0 bridgehead atoms. The second-order valence-corrected chi connectivity index (χ2v) is 6.84. The Bertz CT molecular complexity index is 681. The summed E-state index contributed by atoms with van der Waals surface area (Å²) >= 11 is 1.73. The quantitative estimate of drug-likeness (QED) is 0.460.